The summed E-state index contributed by atoms with van der Waals surface area (Å²) >= 11 is 0. The first-order valence-corrected chi connectivity index (χ1v) is 36.6. The second kappa shape index (κ2) is 70.9. The molecule has 0 aliphatic carbocycles. The van der Waals surface area contributed by atoms with Crippen LogP contribution in [0, 0.1) is 0 Å². The van der Waals surface area contributed by atoms with E-state index in [9.17, 15) is 14.4 Å². The molecule has 0 aliphatic rings. The van der Waals surface area contributed by atoms with Gasteiger partial charge in [0, 0.05) is 19.3 Å². The van der Waals surface area contributed by atoms with E-state index < -0.39 is 6.10 Å². The number of hydrogen-bond acceptors (Lipinski definition) is 6. The first kappa shape index (κ1) is 79.4. The number of allylic oxidation sites excluding steroid dienone is 8. The molecule has 0 radical (unpaired) electrons. The van der Waals surface area contributed by atoms with Gasteiger partial charge in [-0.1, -0.05) is 326 Å². The third kappa shape index (κ3) is 68.2. The molecule has 0 bridgehead atoms. The molecule has 0 amide bonds. The molecular weight excluding hydrogens is 1010 g/mol. The maximum Gasteiger partial charge on any atom is 0.306 e. The van der Waals surface area contributed by atoms with Gasteiger partial charge in [-0.05, 0) is 103 Å². The Morgan fingerprint density at radius 1 is 0.244 bits per heavy atom. The lowest BCUT2D eigenvalue weighted by Crippen LogP contribution is -2.30. The standard InChI is InChI=1S/C76H140O6/c1-4-7-10-13-16-19-22-25-27-29-31-33-35-37-38-40-41-43-45-47-49-51-54-57-60-63-66-69-75(78)81-72-73(71-80-74(77)68-65-62-59-56-53-24-21-18-15-12-9-6-3)82-76(79)70-67-64-61-58-55-52-50-48-46-44-42-39-36-34-32-30-28-26-23-20-17-14-11-8-5-2/h18,21-22,25,29-32,73H,4-17,19-20,23-24,26-28,33-72H2,1-3H3/b21-18-,25-22-,31-29-,32-30-. The molecule has 0 aromatic carbocycles. The van der Waals surface area contributed by atoms with Gasteiger partial charge in [-0.3, -0.25) is 14.4 Å². The van der Waals surface area contributed by atoms with Crippen molar-refractivity contribution in [2.75, 3.05) is 13.2 Å². The minimum Gasteiger partial charge on any atom is -0.462 e. The number of ether oxygens (including phenoxy) is 3. The van der Waals surface area contributed by atoms with E-state index in [2.05, 4.69) is 69.4 Å². The third-order valence-corrected chi connectivity index (χ3v) is 16.5. The maximum atomic E-state index is 13.0. The van der Waals surface area contributed by atoms with E-state index in [4.69, 9.17) is 14.2 Å². The molecule has 0 aromatic rings. The Balaban J connectivity index is 4.19. The number of esters is 3. The molecule has 6 nitrogen and oxygen atoms in total. The molecule has 0 aromatic heterocycles. The van der Waals surface area contributed by atoms with Gasteiger partial charge in [0.1, 0.15) is 13.2 Å². The van der Waals surface area contributed by atoms with E-state index in [-0.39, 0.29) is 31.1 Å². The number of hydrogen-bond donors (Lipinski definition) is 0. The van der Waals surface area contributed by atoms with Crippen LogP contribution in [0.25, 0.3) is 0 Å². The number of rotatable bonds is 68. The van der Waals surface area contributed by atoms with Crippen LogP contribution in [0.2, 0.25) is 0 Å². The molecule has 0 rings (SSSR count). The highest BCUT2D eigenvalue weighted by Gasteiger charge is 2.19. The van der Waals surface area contributed by atoms with Crippen LogP contribution in [0.15, 0.2) is 48.6 Å². The fourth-order valence-electron chi connectivity index (χ4n) is 11.0. The van der Waals surface area contributed by atoms with Gasteiger partial charge in [0.05, 0.1) is 0 Å². The maximum absolute atomic E-state index is 13.0. The van der Waals surface area contributed by atoms with Crippen molar-refractivity contribution < 1.29 is 28.6 Å². The topological polar surface area (TPSA) is 78.9 Å². The van der Waals surface area contributed by atoms with Crippen molar-refractivity contribution in [3.05, 3.63) is 48.6 Å². The SMILES string of the molecule is CCCCC/C=C\CCCCCCCC(=O)OCC(COC(=O)CCCCCCCCCCCCCCCCC/C=C\C/C=C\CCCCCCC)OC(=O)CCCCCCCCCCCCCCC/C=C\CCCCCCCCCC. The van der Waals surface area contributed by atoms with Crippen molar-refractivity contribution in [2.45, 2.75) is 406 Å². The molecule has 0 N–H and O–H groups in total. The lowest BCUT2D eigenvalue weighted by molar-refractivity contribution is -0.167. The third-order valence-electron chi connectivity index (χ3n) is 16.5. The fourth-order valence-corrected chi connectivity index (χ4v) is 11.0. The number of carbonyl (C=O) groups is 3. The minimum absolute atomic E-state index is 0.0718. The molecule has 82 heavy (non-hydrogen) atoms. The van der Waals surface area contributed by atoms with Crippen molar-refractivity contribution in [2.24, 2.45) is 0 Å². The second-order valence-electron chi connectivity index (χ2n) is 24.8. The average Bonchev–Trinajstić information content (AvgIpc) is 3.48. The Kier molecular flexibility index (Phi) is 68.6. The van der Waals surface area contributed by atoms with Crippen molar-refractivity contribution in [1.29, 1.82) is 0 Å². The summed E-state index contributed by atoms with van der Waals surface area (Å²) in [6.07, 6.45) is 90.1. The summed E-state index contributed by atoms with van der Waals surface area (Å²) in [6, 6.07) is 0. The van der Waals surface area contributed by atoms with E-state index in [0.29, 0.717) is 19.3 Å². The Morgan fingerprint density at radius 2 is 0.439 bits per heavy atom. The largest absolute Gasteiger partial charge is 0.462 e. The highest BCUT2D eigenvalue weighted by Crippen LogP contribution is 2.18. The smallest absolute Gasteiger partial charge is 0.306 e. The van der Waals surface area contributed by atoms with Crippen LogP contribution >= 0.6 is 0 Å². The quantitative estimate of drug-likeness (QED) is 0.0261. The summed E-state index contributed by atoms with van der Waals surface area (Å²) in [5.74, 6) is -0.855. The molecule has 0 saturated heterocycles. The molecule has 0 aliphatic heterocycles. The molecule has 0 saturated carbocycles. The predicted octanol–water partition coefficient (Wildman–Crippen LogP) is 25.3. The van der Waals surface area contributed by atoms with Gasteiger partial charge in [0.2, 0.25) is 0 Å². The molecule has 480 valence electrons. The average molecular weight is 1150 g/mol. The van der Waals surface area contributed by atoms with Crippen molar-refractivity contribution >= 4 is 17.9 Å². The molecule has 1 unspecified atom stereocenters. The lowest BCUT2D eigenvalue weighted by Gasteiger charge is -2.18. The van der Waals surface area contributed by atoms with Crippen molar-refractivity contribution in [3.8, 4) is 0 Å². The summed E-state index contributed by atoms with van der Waals surface area (Å²) in [5, 5.41) is 0. The Morgan fingerprint density at radius 3 is 0.707 bits per heavy atom. The van der Waals surface area contributed by atoms with Gasteiger partial charge in [-0.15, -0.1) is 0 Å². The lowest BCUT2D eigenvalue weighted by atomic mass is 10.0. The first-order chi connectivity index (χ1) is 40.5. The van der Waals surface area contributed by atoms with Crippen LogP contribution in [-0.4, -0.2) is 37.2 Å². The highest BCUT2D eigenvalue weighted by molar-refractivity contribution is 5.71. The highest BCUT2D eigenvalue weighted by atomic mass is 16.6. The normalized spacial score (nSPS) is 12.3. The monoisotopic (exact) mass is 1150 g/mol. The zero-order valence-corrected chi connectivity index (χ0v) is 55.3. The van der Waals surface area contributed by atoms with Gasteiger partial charge in [0.15, 0.2) is 6.10 Å². The van der Waals surface area contributed by atoms with Crippen LogP contribution in [-0.2, 0) is 28.6 Å². The molecule has 0 fully saturated rings. The van der Waals surface area contributed by atoms with Gasteiger partial charge in [-0.2, -0.15) is 0 Å². The summed E-state index contributed by atoms with van der Waals surface area (Å²) in [6.45, 7) is 6.66. The van der Waals surface area contributed by atoms with E-state index in [1.807, 2.05) is 0 Å². The van der Waals surface area contributed by atoms with Crippen LogP contribution in [0.4, 0.5) is 0 Å². The fraction of sp³-hybridized carbons (Fsp3) is 0.855. The van der Waals surface area contributed by atoms with Crippen LogP contribution in [0.1, 0.15) is 400 Å². The van der Waals surface area contributed by atoms with E-state index in [1.165, 1.54) is 289 Å². The molecular formula is C76H140O6. The van der Waals surface area contributed by atoms with Crippen LogP contribution in [0.3, 0.4) is 0 Å². The summed E-state index contributed by atoms with van der Waals surface area (Å²) in [5.41, 5.74) is 0. The molecule has 6 heteroatoms. The Bertz CT molecular complexity index is 1410. The van der Waals surface area contributed by atoms with E-state index in [1.54, 1.807) is 0 Å². The Labute approximate surface area is 511 Å². The van der Waals surface area contributed by atoms with Crippen LogP contribution in [0.5, 0.6) is 0 Å². The van der Waals surface area contributed by atoms with Gasteiger partial charge in [-0.25, -0.2) is 0 Å². The molecule has 1 atom stereocenters. The zero-order chi connectivity index (χ0) is 59.2. The minimum atomic E-state index is -0.776. The number of unbranched alkanes of at least 4 members (excludes halogenated alkanes) is 49. The molecule has 0 heterocycles. The van der Waals surface area contributed by atoms with Crippen molar-refractivity contribution in [1.82, 2.24) is 0 Å². The van der Waals surface area contributed by atoms with Crippen LogP contribution < -0.4 is 0 Å². The zero-order valence-electron chi connectivity index (χ0n) is 55.3. The summed E-state index contributed by atoms with van der Waals surface area (Å²) < 4.78 is 17.0. The first-order valence-electron chi connectivity index (χ1n) is 36.6. The molecule has 0 spiro atoms. The second-order valence-corrected chi connectivity index (χ2v) is 24.8. The summed E-state index contributed by atoms with van der Waals surface area (Å²) in [4.78, 5) is 38.4. The van der Waals surface area contributed by atoms with Gasteiger partial charge < -0.3 is 14.2 Å². The summed E-state index contributed by atoms with van der Waals surface area (Å²) in [7, 11) is 0. The Hall–Kier alpha value is -2.63. The van der Waals surface area contributed by atoms with Crippen molar-refractivity contribution in [3.63, 3.8) is 0 Å². The predicted molar refractivity (Wildman–Crippen MR) is 358 cm³/mol. The number of carbonyl (C=O) groups excluding carboxylic acids is 3. The van der Waals surface area contributed by atoms with E-state index in [0.717, 1.165) is 70.6 Å². The van der Waals surface area contributed by atoms with Gasteiger partial charge in [0.25, 0.3) is 0 Å². The van der Waals surface area contributed by atoms with Gasteiger partial charge >= 0.3 is 17.9 Å². The van der Waals surface area contributed by atoms with E-state index >= 15 is 0 Å².